The molecule has 0 unspecified atom stereocenters. The molecule has 11 heteroatoms. The maximum atomic E-state index is 13.7. The van der Waals surface area contributed by atoms with Gasteiger partial charge in [-0.1, -0.05) is 18.2 Å². The molecule has 1 aliphatic heterocycles. The molecule has 3 atom stereocenters. The number of likely N-dealkylation sites (tertiary alicyclic amines) is 1. The number of nitrogens with one attached hydrogen (secondary N) is 1. The molecule has 1 N–H and O–H groups in total. The van der Waals surface area contributed by atoms with Crippen molar-refractivity contribution in [3.05, 3.63) is 89.7 Å². The lowest BCUT2D eigenvalue weighted by Crippen LogP contribution is -2.40. The van der Waals surface area contributed by atoms with E-state index in [2.05, 4.69) is 10.3 Å². The summed E-state index contributed by atoms with van der Waals surface area (Å²) in [5.74, 6) is 0.863. The fraction of sp³-hybridized carbons (Fsp3) is 0.406. The van der Waals surface area contributed by atoms with Crippen molar-refractivity contribution in [2.45, 2.75) is 57.3 Å². The highest BCUT2D eigenvalue weighted by Crippen LogP contribution is 2.46. The fourth-order valence-electron chi connectivity index (χ4n) is 5.36. The van der Waals surface area contributed by atoms with E-state index in [4.69, 9.17) is 9.47 Å². The number of benzene rings is 2. The van der Waals surface area contributed by atoms with E-state index in [1.54, 1.807) is 71.9 Å². The van der Waals surface area contributed by atoms with Gasteiger partial charge in [0, 0.05) is 62.0 Å². The average molecular weight is 607 g/mol. The third-order valence-corrected chi connectivity index (χ3v) is 9.38. The van der Waals surface area contributed by atoms with E-state index in [0.29, 0.717) is 31.0 Å². The van der Waals surface area contributed by atoms with Crippen LogP contribution in [0, 0.1) is 11.8 Å². The molecule has 1 aromatic heterocycles. The number of hydrogen-bond acceptors (Lipinski definition) is 7. The van der Waals surface area contributed by atoms with Crippen LogP contribution in [0.5, 0.6) is 5.75 Å². The van der Waals surface area contributed by atoms with Gasteiger partial charge < -0.3 is 19.7 Å². The number of ether oxygens (including phenoxy) is 2. The molecule has 0 spiro atoms. The number of nitrogens with zero attached hydrogens (tertiary/aromatic N) is 3. The van der Waals surface area contributed by atoms with Crippen LogP contribution < -0.4 is 10.1 Å². The van der Waals surface area contributed by atoms with Crippen LogP contribution in [0.1, 0.15) is 49.2 Å². The minimum absolute atomic E-state index is 0.0279. The lowest BCUT2D eigenvalue weighted by atomic mass is 10.1. The van der Waals surface area contributed by atoms with E-state index in [0.717, 1.165) is 11.1 Å². The molecule has 2 heterocycles. The van der Waals surface area contributed by atoms with Crippen molar-refractivity contribution in [1.82, 2.24) is 19.5 Å². The molecule has 10 nitrogen and oxygen atoms in total. The summed E-state index contributed by atoms with van der Waals surface area (Å²) in [6, 6.07) is 17.0. The van der Waals surface area contributed by atoms with Crippen LogP contribution in [-0.4, -0.2) is 65.9 Å². The molecule has 0 radical (unpaired) electrons. The summed E-state index contributed by atoms with van der Waals surface area (Å²) in [5, 5.41) is 3.09. The zero-order valence-corrected chi connectivity index (χ0v) is 25.7. The topological polar surface area (TPSA) is 118 Å². The van der Waals surface area contributed by atoms with Crippen molar-refractivity contribution in [3.63, 3.8) is 0 Å². The Bertz CT molecular complexity index is 1530. The molecule has 5 rings (SSSR count). The molecular weight excluding hydrogens is 568 g/mol. The van der Waals surface area contributed by atoms with Crippen LogP contribution in [0.4, 0.5) is 4.79 Å². The van der Waals surface area contributed by atoms with Crippen molar-refractivity contribution in [2.24, 2.45) is 11.8 Å². The maximum absolute atomic E-state index is 13.7. The summed E-state index contributed by atoms with van der Waals surface area (Å²) in [4.78, 5) is 31.3. The van der Waals surface area contributed by atoms with Crippen LogP contribution >= 0.6 is 0 Å². The first-order valence-electron chi connectivity index (χ1n) is 14.4. The number of pyridine rings is 1. The highest BCUT2D eigenvalue weighted by atomic mass is 32.2. The van der Waals surface area contributed by atoms with Gasteiger partial charge in [0.15, 0.2) is 0 Å². The lowest BCUT2D eigenvalue weighted by molar-refractivity contribution is 0.0270. The van der Waals surface area contributed by atoms with Crippen LogP contribution in [0.15, 0.2) is 78.0 Å². The Morgan fingerprint density at radius 3 is 2.21 bits per heavy atom. The quantitative estimate of drug-likeness (QED) is 0.362. The number of aromatic nitrogens is 1. The number of piperidine rings is 1. The Morgan fingerprint density at radius 1 is 0.977 bits per heavy atom. The molecule has 2 aromatic carbocycles. The first-order chi connectivity index (χ1) is 20.4. The van der Waals surface area contributed by atoms with Gasteiger partial charge >= 0.3 is 6.09 Å². The van der Waals surface area contributed by atoms with Crippen molar-refractivity contribution >= 4 is 22.0 Å². The number of amides is 2. The molecular formula is C32H38N4O6S. The molecule has 2 aliphatic rings. The summed E-state index contributed by atoms with van der Waals surface area (Å²) < 4.78 is 39.7. The van der Waals surface area contributed by atoms with Crippen molar-refractivity contribution in [3.8, 4) is 5.75 Å². The van der Waals surface area contributed by atoms with E-state index in [1.807, 2.05) is 33.8 Å². The van der Waals surface area contributed by atoms with Gasteiger partial charge in [0.05, 0.1) is 11.5 Å². The lowest BCUT2D eigenvalue weighted by Gasteiger charge is -2.26. The van der Waals surface area contributed by atoms with Gasteiger partial charge in [-0.25, -0.2) is 13.2 Å². The normalized spacial score (nSPS) is 19.6. The molecule has 2 fully saturated rings. The van der Waals surface area contributed by atoms with Gasteiger partial charge in [0.1, 0.15) is 11.4 Å². The number of hydrogen-bond donors (Lipinski definition) is 1. The predicted octanol–water partition coefficient (Wildman–Crippen LogP) is 4.47. The molecule has 2 amide bonds. The molecule has 1 saturated carbocycles. The molecule has 0 bridgehead atoms. The monoisotopic (exact) mass is 606 g/mol. The highest BCUT2D eigenvalue weighted by molar-refractivity contribution is 7.89. The SMILES string of the molecule is CCOc1ccc(S(=O)(=O)N(Cc2ccc(C(=O)N[C@H]3[C@@H]4CN(C(=O)OC(C)(C)C)C[C@@H]43)cc2)Cc2cccnc2)cc1. The molecule has 43 heavy (non-hydrogen) atoms. The van der Waals surface area contributed by atoms with Crippen molar-refractivity contribution in [2.75, 3.05) is 19.7 Å². The van der Waals surface area contributed by atoms with Gasteiger partial charge in [0.25, 0.3) is 5.91 Å². The van der Waals surface area contributed by atoms with Crippen LogP contribution in [0.25, 0.3) is 0 Å². The Kier molecular flexibility index (Phi) is 8.75. The van der Waals surface area contributed by atoms with Crippen LogP contribution in [0.3, 0.4) is 0 Å². The third-order valence-electron chi connectivity index (χ3n) is 7.57. The van der Waals surface area contributed by atoms with Gasteiger partial charge in [0.2, 0.25) is 10.0 Å². The second kappa shape index (κ2) is 12.3. The Morgan fingerprint density at radius 2 is 1.63 bits per heavy atom. The molecule has 3 aromatic rings. The van der Waals surface area contributed by atoms with Gasteiger partial charge in [-0.05, 0) is 81.3 Å². The first-order valence-corrected chi connectivity index (χ1v) is 15.9. The number of fused-ring (bicyclic) bond motifs is 1. The number of rotatable bonds is 10. The molecule has 1 saturated heterocycles. The highest BCUT2D eigenvalue weighted by Gasteiger charge is 2.58. The second-order valence-corrected chi connectivity index (χ2v) is 13.9. The minimum atomic E-state index is -3.86. The van der Waals surface area contributed by atoms with E-state index in [9.17, 15) is 18.0 Å². The second-order valence-electron chi connectivity index (χ2n) is 11.9. The number of sulfonamides is 1. The smallest absolute Gasteiger partial charge is 0.410 e. The summed E-state index contributed by atoms with van der Waals surface area (Å²) in [6.07, 6.45) is 2.97. The predicted molar refractivity (Wildman–Crippen MR) is 161 cm³/mol. The standard InChI is InChI=1S/C32H38N4O6S/c1-5-41-25-12-14-26(15-13-25)43(39,40)36(19-23-7-6-16-33-17-23)18-22-8-10-24(11-9-22)30(37)34-29-27-20-35(21-28(27)29)31(38)42-32(2,3)4/h6-17,27-29H,5,18-21H2,1-4H3,(H,34,37)/t27-,28+,29+. The van der Waals surface area contributed by atoms with E-state index >= 15 is 0 Å². The maximum Gasteiger partial charge on any atom is 0.410 e. The Labute approximate surface area is 253 Å². The average Bonchev–Trinajstić information content (AvgIpc) is 3.39. The van der Waals surface area contributed by atoms with E-state index < -0.39 is 15.6 Å². The van der Waals surface area contributed by atoms with Crippen molar-refractivity contribution in [1.29, 1.82) is 0 Å². The minimum Gasteiger partial charge on any atom is -0.494 e. The molecule has 228 valence electrons. The van der Waals surface area contributed by atoms with Gasteiger partial charge in [-0.15, -0.1) is 0 Å². The van der Waals surface area contributed by atoms with Crippen molar-refractivity contribution < 1.29 is 27.5 Å². The fourth-order valence-corrected chi connectivity index (χ4v) is 6.78. The van der Waals surface area contributed by atoms with Gasteiger partial charge in [-0.2, -0.15) is 4.31 Å². The summed E-state index contributed by atoms with van der Waals surface area (Å²) in [5.41, 5.74) is 1.45. The van der Waals surface area contributed by atoms with Crippen LogP contribution in [0.2, 0.25) is 0 Å². The largest absolute Gasteiger partial charge is 0.494 e. The van der Waals surface area contributed by atoms with Gasteiger partial charge in [-0.3, -0.25) is 9.78 Å². The summed E-state index contributed by atoms with van der Waals surface area (Å²) in [7, 11) is -3.86. The molecule has 1 aliphatic carbocycles. The number of carbonyl (C=O) groups excluding carboxylic acids is 2. The summed E-state index contributed by atoms with van der Waals surface area (Å²) in [6.45, 7) is 9.27. The Hall–Kier alpha value is -3.96. The third kappa shape index (κ3) is 7.34. The zero-order valence-electron chi connectivity index (χ0n) is 24.9. The number of carbonyl (C=O) groups is 2. The van der Waals surface area contributed by atoms with Crippen LogP contribution in [-0.2, 0) is 27.8 Å². The Balaban J connectivity index is 1.22. The van der Waals surface area contributed by atoms with E-state index in [-0.39, 0.29) is 47.9 Å². The zero-order chi connectivity index (χ0) is 30.8. The summed E-state index contributed by atoms with van der Waals surface area (Å²) >= 11 is 0. The first kappa shape index (κ1) is 30.5. The van der Waals surface area contributed by atoms with E-state index in [1.165, 1.54) is 4.31 Å².